The molecule has 0 amide bonds. The monoisotopic (exact) mass is 186 g/mol. The van der Waals surface area contributed by atoms with Crippen LogP contribution in [0.2, 0.25) is 0 Å². The van der Waals surface area contributed by atoms with E-state index in [1.807, 2.05) is 0 Å². The molecule has 0 heterocycles. The summed E-state index contributed by atoms with van der Waals surface area (Å²) in [6.07, 6.45) is 3.61. The highest BCUT2D eigenvalue weighted by atomic mass is 35.5. The van der Waals surface area contributed by atoms with Crippen LogP contribution in [0, 0.1) is 16.7 Å². The minimum atomic E-state index is -0.601. The third-order valence-electron chi connectivity index (χ3n) is 2.32. The van der Waals surface area contributed by atoms with Crippen LogP contribution < -0.4 is 0 Å². The standard InChI is InChI=1S/C9H11ClO2/c1-12-8(11)9(6-7-10)4-2-3-5-9/h2-5H2,1H3. The van der Waals surface area contributed by atoms with Crippen molar-refractivity contribution in [1.29, 1.82) is 0 Å². The Hall–Kier alpha value is -0.680. The summed E-state index contributed by atoms with van der Waals surface area (Å²) in [5, 5.41) is 2.29. The molecule has 0 aromatic rings. The van der Waals surface area contributed by atoms with Gasteiger partial charge in [0.2, 0.25) is 0 Å². The molecule has 66 valence electrons. The molecule has 1 rings (SSSR count). The molecule has 0 unspecified atom stereocenters. The summed E-state index contributed by atoms with van der Waals surface area (Å²) < 4.78 is 4.69. The topological polar surface area (TPSA) is 26.3 Å². The van der Waals surface area contributed by atoms with Gasteiger partial charge in [0.15, 0.2) is 0 Å². The van der Waals surface area contributed by atoms with Crippen LogP contribution in [0.4, 0.5) is 0 Å². The highest BCUT2D eigenvalue weighted by molar-refractivity contribution is 6.30. The Kier molecular flexibility index (Phi) is 2.99. The number of methoxy groups -OCH3 is 1. The first-order valence-electron chi connectivity index (χ1n) is 3.96. The van der Waals surface area contributed by atoms with Crippen molar-refractivity contribution in [3.05, 3.63) is 0 Å². The van der Waals surface area contributed by atoms with E-state index >= 15 is 0 Å². The minimum absolute atomic E-state index is 0.242. The van der Waals surface area contributed by atoms with Crippen molar-refractivity contribution in [3.63, 3.8) is 0 Å². The van der Waals surface area contributed by atoms with Gasteiger partial charge in [0.1, 0.15) is 5.41 Å². The Labute approximate surface area is 77.2 Å². The average Bonchev–Trinajstić information content (AvgIpc) is 2.53. The first-order chi connectivity index (χ1) is 5.75. The van der Waals surface area contributed by atoms with E-state index < -0.39 is 5.41 Å². The molecule has 0 N–H and O–H groups in total. The zero-order valence-corrected chi connectivity index (χ0v) is 7.78. The number of hydrogen-bond acceptors (Lipinski definition) is 2. The van der Waals surface area contributed by atoms with Gasteiger partial charge < -0.3 is 4.74 Å². The van der Waals surface area contributed by atoms with Crippen molar-refractivity contribution in [2.75, 3.05) is 7.11 Å². The quantitative estimate of drug-likeness (QED) is 0.462. The van der Waals surface area contributed by atoms with Crippen molar-refractivity contribution in [2.45, 2.75) is 25.7 Å². The van der Waals surface area contributed by atoms with E-state index in [2.05, 4.69) is 16.0 Å². The fourth-order valence-electron chi connectivity index (χ4n) is 1.64. The summed E-state index contributed by atoms with van der Waals surface area (Å²) in [4.78, 5) is 11.3. The second-order valence-electron chi connectivity index (χ2n) is 3.00. The Morgan fingerprint density at radius 2 is 2.08 bits per heavy atom. The predicted octanol–water partition coefficient (Wildman–Crippen LogP) is 1.92. The summed E-state index contributed by atoms with van der Waals surface area (Å²) in [5.74, 6) is 2.51. The normalized spacial score (nSPS) is 19.5. The molecule has 0 radical (unpaired) electrons. The molecular formula is C9H11ClO2. The van der Waals surface area contributed by atoms with Crippen LogP contribution in [0.3, 0.4) is 0 Å². The number of rotatable bonds is 1. The van der Waals surface area contributed by atoms with Gasteiger partial charge in [-0.05, 0) is 24.4 Å². The predicted molar refractivity (Wildman–Crippen MR) is 46.5 cm³/mol. The fraction of sp³-hybridized carbons (Fsp3) is 0.667. The molecule has 0 aromatic carbocycles. The molecule has 1 aliphatic carbocycles. The van der Waals surface area contributed by atoms with Gasteiger partial charge in [-0.15, -0.1) is 0 Å². The fourth-order valence-corrected chi connectivity index (χ4v) is 1.83. The third kappa shape index (κ3) is 1.56. The number of esters is 1. The van der Waals surface area contributed by atoms with Gasteiger partial charge in [-0.25, -0.2) is 0 Å². The average molecular weight is 187 g/mol. The van der Waals surface area contributed by atoms with E-state index in [9.17, 15) is 4.79 Å². The SMILES string of the molecule is COC(=O)C1(C#CCl)CCCC1. The summed E-state index contributed by atoms with van der Waals surface area (Å²) in [6, 6.07) is 0. The van der Waals surface area contributed by atoms with Crippen LogP contribution in [0.25, 0.3) is 0 Å². The lowest BCUT2D eigenvalue weighted by molar-refractivity contribution is -0.148. The largest absolute Gasteiger partial charge is 0.468 e. The van der Waals surface area contributed by atoms with E-state index in [1.165, 1.54) is 7.11 Å². The first kappa shape index (κ1) is 9.41. The van der Waals surface area contributed by atoms with E-state index in [1.54, 1.807) is 0 Å². The maximum atomic E-state index is 11.3. The molecule has 1 aliphatic rings. The van der Waals surface area contributed by atoms with Gasteiger partial charge >= 0.3 is 5.97 Å². The van der Waals surface area contributed by atoms with Crippen LogP contribution in [-0.2, 0) is 9.53 Å². The molecule has 3 heteroatoms. The van der Waals surface area contributed by atoms with Gasteiger partial charge in [-0.3, -0.25) is 4.79 Å². The molecule has 0 atom stereocenters. The molecule has 0 spiro atoms. The molecule has 0 saturated heterocycles. The third-order valence-corrected chi connectivity index (χ3v) is 2.41. The van der Waals surface area contributed by atoms with Gasteiger partial charge in [0.05, 0.1) is 7.11 Å². The molecule has 2 nitrogen and oxygen atoms in total. The van der Waals surface area contributed by atoms with Gasteiger partial charge in [-0.2, -0.15) is 0 Å². The zero-order valence-electron chi connectivity index (χ0n) is 7.02. The number of carbonyl (C=O) groups is 1. The summed E-state index contributed by atoms with van der Waals surface area (Å²) in [7, 11) is 1.39. The summed E-state index contributed by atoms with van der Waals surface area (Å²) in [5.41, 5.74) is -0.601. The number of ether oxygens (including phenoxy) is 1. The molecule has 0 aromatic heterocycles. The van der Waals surface area contributed by atoms with Crippen molar-refractivity contribution < 1.29 is 9.53 Å². The van der Waals surface area contributed by atoms with E-state index in [4.69, 9.17) is 11.6 Å². The molecular weight excluding hydrogens is 176 g/mol. The second-order valence-corrected chi connectivity index (χ2v) is 3.19. The van der Waals surface area contributed by atoms with Crippen LogP contribution in [0.15, 0.2) is 0 Å². The zero-order chi connectivity index (χ0) is 9.03. The van der Waals surface area contributed by atoms with Crippen LogP contribution >= 0.6 is 11.6 Å². The number of halogens is 1. The Morgan fingerprint density at radius 1 is 1.50 bits per heavy atom. The van der Waals surface area contributed by atoms with E-state index in [0.717, 1.165) is 25.7 Å². The smallest absolute Gasteiger partial charge is 0.324 e. The highest BCUT2D eigenvalue weighted by Gasteiger charge is 2.40. The molecule has 1 saturated carbocycles. The van der Waals surface area contributed by atoms with Gasteiger partial charge in [0, 0.05) is 5.38 Å². The van der Waals surface area contributed by atoms with Crippen LogP contribution in [0.5, 0.6) is 0 Å². The van der Waals surface area contributed by atoms with Crippen molar-refractivity contribution >= 4 is 17.6 Å². The molecule has 12 heavy (non-hydrogen) atoms. The van der Waals surface area contributed by atoms with Gasteiger partial charge in [-0.1, -0.05) is 18.8 Å². The molecule has 0 aliphatic heterocycles. The van der Waals surface area contributed by atoms with Crippen LogP contribution in [0.1, 0.15) is 25.7 Å². The van der Waals surface area contributed by atoms with E-state index in [0.29, 0.717) is 0 Å². The highest BCUT2D eigenvalue weighted by Crippen LogP contribution is 2.38. The summed E-state index contributed by atoms with van der Waals surface area (Å²) in [6.45, 7) is 0. The van der Waals surface area contributed by atoms with Crippen molar-refractivity contribution in [3.8, 4) is 11.3 Å². The van der Waals surface area contributed by atoms with Crippen LogP contribution in [-0.4, -0.2) is 13.1 Å². The Balaban J connectivity index is 2.83. The van der Waals surface area contributed by atoms with Gasteiger partial charge in [0.25, 0.3) is 0 Å². The van der Waals surface area contributed by atoms with Crippen molar-refractivity contribution in [2.24, 2.45) is 5.41 Å². The lowest BCUT2D eigenvalue weighted by Gasteiger charge is -2.17. The number of carbonyl (C=O) groups excluding carboxylic acids is 1. The first-order valence-corrected chi connectivity index (χ1v) is 4.34. The number of hydrogen-bond donors (Lipinski definition) is 0. The molecule has 1 fully saturated rings. The minimum Gasteiger partial charge on any atom is -0.468 e. The molecule has 0 bridgehead atoms. The maximum absolute atomic E-state index is 11.3. The lowest BCUT2D eigenvalue weighted by Crippen LogP contribution is -2.27. The van der Waals surface area contributed by atoms with Crippen molar-refractivity contribution in [1.82, 2.24) is 0 Å². The Bertz CT molecular complexity index is 231. The lowest BCUT2D eigenvalue weighted by atomic mass is 9.87. The van der Waals surface area contributed by atoms with E-state index in [-0.39, 0.29) is 5.97 Å². The maximum Gasteiger partial charge on any atom is 0.324 e. The summed E-state index contributed by atoms with van der Waals surface area (Å²) >= 11 is 5.30. The second kappa shape index (κ2) is 3.82. The Morgan fingerprint density at radius 3 is 2.50 bits per heavy atom.